The van der Waals surface area contributed by atoms with Gasteiger partial charge in [-0.3, -0.25) is 4.79 Å². The molecule has 0 saturated heterocycles. The highest BCUT2D eigenvalue weighted by Crippen LogP contribution is 2.13. The summed E-state index contributed by atoms with van der Waals surface area (Å²) in [6, 6.07) is 12.3. The second-order valence-electron chi connectivity index (χ2n) is 5.91. The molecule has 2 aromatic carbocycles. The van der Waals surface area contributed by atoms with E-state index in [2.05, 4.69) is 5.32 Å². The largest absolute Gasteiger partial charge is 0.508 e. The molecule has 0 saturated carbocycles. The highest BCUT2D eigenvalue weighted by Gasteiger charge is 2.22. The molecular formula is C20H23NO5. The number of aryl methyl sites for hydroxylation is 1. The number of ether oxygens (including phenoxy) is 1. The lowest BCUT2D eigenvalue weighted by molar-refractivity contribution is -0.147. The molecule has 6 nitrogen and oxygen atoms in total. The number of phenolic OH excluding ortho intramolecular Hbond substituents is 2. The first-order valence-corrected chi connectivity index (χ1v) is 8.49. The van der Waals surface area contributed by atoms with Crippen molar-refractivity contribution in [2.75, 3.05) is 6.61 Å². The fraction of sp³-hybridized carbons (Fsp3) is 0.300. The molecule has 26 heavy (non-hydrogen) atoms. The Morgan fingerprint density at radius 2 is 1.50 bits per heavy atom. The smallest absolute Gasteiger partial charge is 0.328 e. The number of nitrogens with one attached hydrogen (secondary N) is 1. The van der Waals surface area contributed by atoms with Crippen LogP contribution in [0.4, 0.5) is 0 Å². The first-order valence-electron chi connectivity index (χ1n) is 8.49. The van der Waals surface area contributed by atoms with Crippen LogP contribution in [-0.4, -0.2) is 34.7 Å². The molecule has 0 radical (unpaired) electrons. The van der Waals surface area contributed by atoms with Crippen molar-refractivity contribution >= 4 is 11.9 Å². The van der Waals surface area contributed by atoms with Gasteiger partial charge < -0.3 is 20.3 Å². The highest BCUT2D eigenvalue weighted by molar-refractivity contribution is 5.84. The summed E-state index contributed by atoms with van der Waals surface area (Å²) in [5.74, 6) is -0.428. The molecule has 3 N–H and O–H groups in total. The number of amides is 1. The van der Waals surface area contributed by atoms with Crippen LogP contribution in [0.5, 0.6) is 11.5 Å². The molecule has 2 rings (SSSR count). The van der Waals surface area contributed by atoms with Crippen molar-refractivity contribution < 1.29 is 24.5 Å². The van der Waals surface area contributed by atoms with Gasteiger partial charge in [-0.2, -0.15) is 0 Å². The van der Waals surface area contributed by atoms with E-state index in [1.54, 1.807) is 43.3 Å². The molecule has 0 bridgehead atoms. The van der Waals surface area contributed by atoms with E-state index in [9.17, 15) is 19.8 Å². The molecule has 0 aliphatic rings. The van der Waals surface area contributed by atoms with E-state index >= 15 is 0 Å². The number of benzene rings is 2. The summed E-state index contributed by atoms with van der Waals surface area (Å²) >= 11 is 0. The predicted molar refractivity (Wildman–Crippen MR) is 96.8 cm³/mol. The van der Waals surface area contributed by atoms with Gasteiger partial charge in [-0.1, -0.05) is 24.3 Å². The number of phenols is 2. The molecule has 1 amide bonds. The molecule has 0 fully saturated rings. The monoisotopic (exact) mass is 357 g/mol. The van der Waals surface area contributed by atoms with Crippen molar-refractivity contribution in [3.63, 3.8) is 0 Å². The summed E-state index contributed by atoms with van der Waals surface area (Å²) in [4.78, 5) is 24.4. The number of esters is 1. The van der Waals surface area contributed by atoms with Gasteiger partial charge in [0.25, 0.3) is 0 Å². The maximum atomic E-state index is 12.2. The van der Waals surface area contributed by atoms with Crippen molar-refractivity contribution in [3.05, 3.63) is 59.7 Å². The van der Waals surface area contributed by atoms with Gasteiger partial charge in [0, 0.05) is 12.8 Å². The number of aromatic hydroxyl groups is 2. The molecule has 2 aromatic rings. The maximum Gasteiger partial charge on any atom is 0.328 e. The van der Waals surface area contributed by atoms with Crippen LogP contribution < -0.4 is 5.32 Å². The fourth-order valence-corrected chi connectivity index (χ4v) is 2.49. The number of hydrogen-bond acceptors (Lipinski definition) is 5. The van der Waals surface area contributed by atoms with Gasteiger partial charge in [0.2, 0.25) is 5.91 Å². The number of carbonyl (C=O) groups excluding carboxylic acids is 2. The lowest BCUT2D eigenvalue weighted by Gasteiger charge is -2.17. The standard InChI is InChI=1S/C20H23NO5/c1-2-26-20(25)18(13-15-5-10-17(23)11-6-15)21-19(24)12-7-14-3-8-16(22)9-4-14/h3-6,8-11,18,22-23H,2,7,12-13H2,1H3,(H,21,24). The summed E-state index contributed by atoms with van der Waals surface area (Å²) in [7, 11) is 0. The minimum absolute atomic E-state index is 0.138. The van der Waals surface area contributed by atoms with Gasteiger partial charge in [0.05, 0.1) is 6.61 Å². The van der Waals surface area contributed by atoms with Crippen LogP contribution >= 0.6 is 0 Å². The molecule has 0 aliphatic carbocycles. The van der Waals surface area contributed by atoms with Crippen LogP contribution in [0, 0.1) is 0 Å². The molecule has 0 aromatic heterocycles. The second-order valence-corrected chi connectivity index (χ2v) is 5.91. The first-order chi connectivity index (χ1) is 12.5. The van der Waals surface area contributed by atoms with Crippen molar-refractivity contribution in [2.45, 2.75) is 32.2 Å². The zero-order valence-electron chi connectivity index (χ0n) is 14.6. The topological polar surface area (TPSA) is 95.9 Å². The first kappa shape index (κ1) is 19.3. The number of hydrogen-bond donors (Lipinski definition) is 3. The van der Waals surface area contributed by atoms with E-state index in [0.717, 1.165) is 11.1 Å². The zero-order chi connectivity index (χ0) is 18.9. The SMILES string of the molecule is CCOC(=O)C(Cc1ccc(O)cc1)NC(=O)CCc1ccc(O)cc1. The third-order valence-electron chi connectivity index (χ3n) is 3.86. The van der Waals surface area contributed by atoms with Gasteiger partial charge in [-0.15, -0.1) is 0 Å². The van der Waals surface area contributed by atoms with E-state index < -0.39 is 12.0 Å². The van der Waals surface area contributed by atoms with Crippen molar-refractivity contribution in [3.8, 4) is 11.5 Å². The van der Waals surface area contributed by atoms with Crippen LogP contribution in [0.2, 0.25) is 0 Å². The van der Waals surface area contributed by atoms with E-state index in [1.807, 2.05) is 0 Å². The Morgan fingerprint density at radius 1 is 0.962 bits per heavy atom. The van der Waals surface area contributed by atoms with Gasteiger partial charge in [0.1, 0.15) is 17.5 Å². The lowest BCUT2D eigenvalue weighted by atomic mass is 10.0. The van der Waals surface area contributed by atoms with Crippen molar-refractivity contribution in [2.24, 2.45) is 0 Å². The Labute approximate surface area is 152 Å². The van der Waals surface area contributed by atoms with Crippen LogP contribution in [0.25, 0.3) is 0 Å². The quantitative estimate of drug-likeness (QED) is 0.630. The molecular weight excluding hydrogens is 334 g/mol. The van der Waals surface area contributed by atoms with E-state index in [0.29, 0.717) is 6.42 Å². The van der Waals surface area contributed by atoms with Gasteiger partial charge in [-0.05, 0) is 48.7 Å². The third kappa shape index (κ3) is 6.12. The van der Waals surface area contributed by atoms with E-state index in [-0.39, 0.29) is 36.9 Å². The molecule has 0 heterocycles. The predicted octanol–water partition coefficient (Wildman–Crippen LogP) is 2.32. The highest BCUT2D eigenvalue weighted by atomic mass is 16.5. The Kier molecular flexibility index (Phi) is 7.02. The lowest BCUT2D eigenvalue weighted by Crippen LogP contribution is -2.43. The Hall–Kier alpha value is -3.02. The number of carbonyl (C=O) groups is 2. The summed E-state index contributed by atoms with van der Waals surface area (Å²) < 4.78 is 5.05. The Balaban J connectivity index is 1.95. The van der Waals surface area contributed by atoms with E-state index in [1.165, 1.54) is 12.1 Å². The fourth-order valence-electron chi connectivity index (χ4n) is 2.49. The minimum Gasteiger partial charge on any atom is -0.508 e. The molecule has 0 aliphatic heterocycles. The van der Waals surface area contributed by atoms with Crippen LogP contribution in [-0.2, 0) is 27.2 Å². The maximum absolute atomic E-state index is 12.2. The Morgan fingerprint density at radius 3 is 2.04 bits per heavy atom. The average Bonchev–Trinajstić information content (AvgIpc) is 2.62. The van der Waals surface area contributed by atoms with Crippen LogP contribution in [0.15, 0.2) is 48.5 Å². The molecule has 0 spiro atoms. The van der Waals surface area contributed by atoms with Gasteiger partial charge in [0.15, 0.2) is 0 Å². The normalized spacial score (nSPS) is 11.6. The molecule has 138 valence electrons. The number of rotatable bonds is 8. The zero-order valence-corrected chi connectivity index (χ0v) is 14.6. The van der Waals surface area contributed by atoms with E-state index in [4.69, 9.17) is 4.74 Å². The molecule has 6 heteroatoms. The minimum atomic E-state index is -0.785. The average molecular weight is 357 g/mol. The second kappa shape index (κ2) is 9.46. The third-order valence-corrected chi connectivity index (χ3v) is 3.86. The van der Waals surface area contributed by atoms with Crippen LogP contribution in [0.1, 0.15) is 24.5 Å². The molecule has 1 atom stereocenters. The van der Waals surface area contributed by atoms with Crippen LogP contribution in [0.3, 0.4) is 0 Å². The summed E-state index contributed by atoms with van der Waals surface area (Å²) in [5, 5.41) is 21.3. The Bertz CT molecular complexity index is 725. The van der Waals surface area contributed by atoms with Crippen molar-refractivity contribution in [1.29, 1.82) is 0 Å². The van der Waals surface area contributed by atoms with Gasteiger partial charge >= 0.3 is 5.97 Å². The van der Waals surface area contributed by atoms with Gasteiger partial charge in [-0.25, -0.2) is 4.79 Å². The molecule has 1 unspecified atom stereocenters. The summed E-state index contributed by atoms with van der Waals surface area (Å²) in [6.07, 6.45) is 1.00. The summed E-state index contributed by atoms with van der Waals surface area (Å²) in [6.45, 7) is 1.94. The van der Waals surface area contributed by atoms with Crippen molar-refractivity contribution in [1.82, 2.24) is 5.32 Å². The summed E-state index contributed by atoms with van der Waals surface area (Å²) in [5.41, 5.74) is 1.73.